The molecule has 3 aromatic carbocycles. The summed E-state index contributed by atoms with van der Waals surface area (Å²) in [6.45, 7) is 5.73. The van der Waals surface area contributed by atoms with E-state index in [1.165, 1.54) is 13.2 Å². The first-order valence-corrected chi connectivity index (χ1v) is 12.3. The zero-order valence-corrected chi connectivity index (χ0v) is 22.7. The standard InChI is InChI=1S/C27H27BrClN3O4/c1-27(2,3)26(35)30-15-16-5-11-22(29)20(13-16)24(33)32-19-10-12-23(36-4)21(14-19)25(34)31-18-8-6-17(28)7-9-18/h5-14H,15H2,1-4H3,(H,30,35)(H,31,34)(H,32,33). The maximum absolute atomic E-state index is 13.0. The summed E-state index contributed by atoms with van der Waals surface area (Å²) in [5.74, 6) is -0.582. The molecule has 0 saturated heterocycles. The van der Waals surface area contributed by atoms with Gasteiger partial charge in [0.15, 0.2) is 0 Å². The fourth-order valence-corrected chi connectivity index (χ4v) is 3.66. The minimum Gasteiger partial charge on any atom is -0.496 e. The molecule has 3 rings (SSSR count). The second kappa shape index (κ2) is 11.6. The van der Waals surface area contributed by atoms with E-state index in [9.17, 15) is 14.4 Å². The van der Waals surface area contributed by atoms with E-state index in [1.54, 1.807) is 42.5 Å². The summed E-state index contributed by atoms with van der Waals surface area (Å²) in [5, 5.41) is 8.71. The number of anilines is 2. The topological polar surface area (TPSA) is 96.5 Å². The van der Waals surface area contributed by atoms with Gasteiger partial charge in [-0.05, 0) is 60.2 Å². The lowest BCUT2D eigenvalue weighted by Crippen LogP contribution is -2.34. The molecule has 3 amide bonds. The van der Waals surface area contributed by atoms with Crippen LogP contribution in [0.3, 0.4) is 0 Å². The molecule has 0 unspecified atom stereocenters. The van der Waals surface area contributed by atoms with Crippen molar-refractivity contribution in [2.75, 3.05) is 17.7 Å². The third-order valence-corrected chi connectivity index (χ3v) is 6.07. The number of nitrogens with one attached hydrogen (secondary N) is 3. The Morgan fingerprint density at radius 3 is 2.11 bits per heavy atom. The lowest BCUT2D eigenvalue weighted by Gasteiger charge is -2.18. The number of hydrogen-bond acceptors (Lipinski definition) is 4. The fraction of sp³-hybridized carbons (Fsp3) is 0.222. The Kier molecular flexibility index (Phi) is 8.76. The van der Waals surface area contributed by atoms with Crippen LogP contribution in [-0.4, -0.2) is 24.8 Å². The van der Waals surface area contributed by atoms with Crippen LogP contribution in [0, 0.1) is 5.41 Å². The quantitative estimate of drug-likeness (QED) is 0.311. The third kappa shape index (κ3) is 7.08. The number of hydrogen-bond donors (Lipinski definition) is 3. The number of carbonyl (C=O) groups is 3. The van der Waals surface area contributed by atoms with E-state index in [0.717, 1.165) is 10.0 Å². The highest BCUT2D eigenvalue weighted by Gasteiger charge is 2.21. The normalized spacial score (nSPS) is 10.9. The first-order chi connectivity index (χ1) is 17.0. The number of rotatable bonds is 7. The summed E-state index contributed by atoms with van der Waals surface area (Å²) >= 11 is 9.65. The number of halogens is 2. The van der Waals surface area contributed by atoms with Gasteiger partial charge >= 0.3 is 0 Å². The van der Waals surface area contributed by atoms with Crippen LogP contribution >= 0.6 is 27.5 Å². The maximum atomic E-state index is 13.0. The lowest BCUT2D eigenvalue weighted by molar-refractivity contribution is -0.128. The maximum Gasteiger partial charge on any atom is 0.259 e. The van der Waals surface area contributed by atoms with Crippen molar-refractivity contribution >= 4 is 56.6 Å². The molecule has 0 bridgehead atoms. The average Bonchev–Trinajstić information content (AvgIpc) is 2.84. The minimum absolute atomic E-state index is 0.101. The van der Waals surface area contributed by atoms with Gasteiger partial charge in [0.1, 0.15) is 5.75 Å². The monoisotopic (exact) mass is 571 g/mol. The van der Waals surface area contributed by atoms with Crippen molar-refractivity contribution in [1.29, 1.82) is 0 Å². The molecule has 0 aromatic heterocycles. The summed E-state index contributed by atoms with van der Waals surface area (Å²) in [6.07, 6.45) is 0. The molecule has 9 heteroatoms. The predicted octanol–water partition coefficient (Wildman–Crippen LogP) is 6.28. The lowest BCUT2D eigenvalue weighted by atomic mass is 9.95. The zero-order chi connectivity index (χ0) is 26.5. The van der Waals surface area contributed by atoms with Crippen molar-refractivity contribution in [3.05, 3.63) is 86.8 Å². The molecule has 0 aliphatic carbocycles. The molecule has 0 spiro atoms. The zero-order valence-electron chi connectivity index (χ0n) is 20.4. The van der Waals surface area contributed by atoms with Crippen molar-refractivity contribution in [3.63, 3.8) is 0 Å². The first-order valence-electron chi connectivity index (χ1n) is 11.1. The van der Waals surface area contributed by atoms with Crippen LogP contribution in [0.15, 0.2) is 65.1 Å². The van der Waals surface area contributed by atoms with Gasteiger partial charge in [0, 0.05) is 27.8 Å². The highest BCUT2D eigenvalue weighted by atomic mass is 79.9. The van der Waals surface area contributed by atoms with Crippen molar-refractivity contribution in [2.24, 2.45) is 5.41 Å². The van der Waals surface area contributed by atoms with Crippen LogP contribution in [0.25, 0.3) is 0 Å². The van der Waals surface area contributed by atoms with Crippen molar-refractivity contribution in [3.8, 4) is 5.75 Å². The number of ether oxygens (including phenoxy) is 1. The molecular formula is C27H27BrClN3O4. The van der Waals surface area contributed by atoms with Crippen LogP contribution in [0.4, 0.5) is 11.4 Å². The summed E-state index contributed by atoms with van der Waals surface area (Å²) in [4.78, 5) is 38.1. The van der Waals surface area contributed by atoms with E-state index in [4.69, 9.17) is 16.3 Å². The van der Waals surface area contributed by atoms with Crippen LogP contribution in [-0.2, 0) is 11.3 Å². The molecule has 0 heterocycles. The molecule has 0 aliphatic heterocycles. The number of carbonyl (C=O) groups excluding carboxylic acids is 3. The largest absolute Gasteiger partial charge is 0.496 e. The molecule has 0 fully saturated rings. The van der Waals surface area contributed by atoms with Gasteiger partial charge in [-0.1, -0.05) is 54.4 Å². The smallest absolute Gasteiger partial charge is 0.259 e. The number of amides is 3. The van der Waals surface area contributed by atoms with Crippen LogP contribution in [0.5, 0.6) is 5.75 Å². The molecule has 7 nitrogen and oxygen atoms in total. The van der Waals surface area contributed by atoms with E-state index in [0.29, 0.717) is 17.1 Å². The fourth-order valence-electron chi connectivity index (χ4n) is 3.20. The van der Waals surface area contributed by atoms with Crippen molar-refractivity contribution in [2.45, 2.75) is 27.3 Å². The molecule has 3 N–H and O–H groups in total. The molecule has 0 saturated carbocycles. The molecular weight excluding hydrogens is 546 g/mol. The summed E-state index contributed by atoms with van der Waals surface area (Å²) in [6, 6.07) is 16.9. The van der Waals surface area contributed by atoms with E-state index in [-0.39, 0.29) is 34.5 Å². The number of benzene rings is 3. The molecule has 3 aromatic rings. The molecule has 0 aliphatic rings. The third-order valence-electron chi connectivity index (χ3n) is 5.21. The Labute approximate surface area is 223 Å². The highest BCUT2D eigenvalue weighted by Crippen LogP contribution is 2.26. The van der Waals surface area contributed by atoms with Crippen molar-refractivity contribution < 1.29 is 19.1 Å². The van der Waals surface area contributed by atoms with Crippen LogP contribution in [0.2, 0.25) is 5.02 Å². The second-order valence-corrected chi connectivity index (χ2v) is 10.4. The molecule has 188 valence electrons. The van der Waals surface area contributed by atoms with E-state index in [2.05, 4.69) is 31.9 Å². The Morgan fingerprint density at radius 2 is 1.47 bits per heavy atom. The molecule has 36 heavy (non-hydrogen) atoms. The van der Waals surface area contributed by atoms with Gasteiger partial charge in [0.2, 0.25) is 5.91 Å². The van der Waals surface area contributed by atoms with Gasteiger partial charge in [0.05, 0.1) is 23.3 Å². The minimum atomic E-state index is -0.525. The summed E-state index contributed by atoms with van der Waals surface area (Å²) < 4.78 is 6.23. The number of methoxy groups -OCH3 is 1. The van der Waals surface area contributed by atoms with Gasteiger partial charge in [-0.2, -0.15) is 0 Å². The molecule has 0 atom stereocenters. The van der Waals surface area contributed by atoms with Gasteiger partial charge < -0.3 is 20.7 Å². The van der Waals surface area contributed by atoms with Gasteiger partial charge in [-0.3, -0.25) is 14.4 Å². The van der Waals surface area contributed by atoms with E-state index >= 15 is 0 Å². The Bertz CT molecular complexity index is 1290. The highest BCUT2D eigenvalue weighted by molar-refractivity contribution is 9.10. The average molecular weight is 573 g/mol. The Hall–Kier alpha value is -3.36. The van der Waals surface area contributed by atoms with Gasteiger partial charge in [-0.25, -0.2) is 0 Å². The van der Waals surface area contributed by atoms with Gasteiger partial charge in [0.25, 0.3) is 11.8 Å². The van der Waals surface area contributed by atoms with Crippen LogP contribution in [0.1, 0.15) is 47.1 Å². The van der Waals surface area contributed by atoms with Crippen LogP contribution < -0.4 is 20.7 Å². The summed E-state index contributed by atoms with van der Waals surface area (Å²) in [5.41, 5.74) is 1.71. The van der Waals surface area contributed by atoms with E-state index in [1.807, 2.05) is 32.9 Å². The Morgan fingerprint density at radius 1 is 0.861 bits per heavy atom. The Balaban J connectivity index is 1.77. The predicted molar refractivity (Wildman–Crippen MR) is 146 cm³/mol. The van der Waals surface area contributed by atoms with Crippen molar-refractivity contribution in [1.82, 2.24) is 5.32 Å². The molecule has 0 radical (unpaired) electrons. The first kappa shape index (κ1) is 27.2. The summed E-state index contributed by atoms with van der Waals surface area (Å²) in [7, 11) is 1.47. The van der Waals surface area contributed by atoms with Gasteiger partial charge in [-0.15, -0.1) is 0 Å². The van der Waals surface area contributed by atoms with E-state index < -0.39 is 11.3 Å². The SMILES string of the molecule is COc1ccc(NC(=O)c2cc(CNC(=O)C(C)(C)C)ccc2Cl)cc1C(=O)Nc1ccc(Br)cc1. The second-order valence-electron chi connectivity index (χ2n) is 9.08.